The minimum atomic E-state index is -0.869. The Kier molecular flexibility index (Phi) is 4.21. The SMILES string of the molecule is Cc1c(C(=O)O)cc(-c2ccc(C(C)C)cc2)n1C(C)C. The summed E-state index contributed by atoms with van der Waals surface area (Å²) in [5, 5.41) is 9.34. The van der Waals surface area contributed by atoms with Crippen LogP contribution in [-0.4, -0.2) is 15.6 Å². The zero-order valence-corrected chi connectivity index (χ0v) is 13.3. The molecule has 112 valence electrons. The molecule has 0 radical (unpaired) electrons. The van der Waals surface area contributed by atoms with Crippen LogP contribution in [0.4, 0.5) is 0 Å². The van der Waals surface area contributed by atoms with Crippen molar-refractivity contribution in [3.05, 3.63) is 47.2 Å². The molecule has 0 aliphatic rings. The van der Waals surface area contributed by atoms with Crippen molar-refractivity contribution in [3.8, 4) is 11.3 Å². The van der Waals surface area contributed by atoms with E-state index in [1.54, 1.807) is 6.07 Å². The predicted octanol–water partition coefficient (Wildman–Crippen LogP) is 4.87. The molecule has 0 fully saturated rings. The molecule has 0 atom stereocenters. The number of aromatic nitrogens is 1. The Morgan fingerprint density at radius 3 is 2.10 bits per heavy atom. The van der Waals surface area contributed by atoms with Gasteiger partial charge in [0.15, 0.2) is 0 Å². The summed E-state index contributed by atoms with van der Waals surface area (Å²) in [7, 11) is 0. The number of hydrogen-bond acceptors (Lipinski definition) is 1. The van der Waals surface area contributed by atoms with Crippen molar-refractivity contribution in [1.29, 1.82) is 0 Å². The monoisotopic (exact) mass is 285 g/mol. The van der Waals surface area contributed by atoms with Crippen LogP contribution in [0.1, 0.15) is 61.3 Å². The summed E-state index contributed by atoms with van der Waals surface area (Å²) in [5.74, 6) is -0.376. The average Bonchev–Trinajstić information content (AvgIpc) is 2.76. The molecule has 0 unspecified atom stereocenters. The summed E-state index contributed by atoms with van der Waals surface area (Å²) in [5.41, 5.74) is 4.50. The number of carbonyl (C=O) groups is 1. The molecule has 0 aliphatic carbocycles. The second-order valence-electron chi connectivity index (χ2n) is 6.07. The van der Waals surface area contributed by atoms with Crippen LogP contribution >= 0.6 is 0 Å². The van der Waals surface area contributed by atoms with Crippen LogP contribution in [0, 0.1) is 6.92 Å². The number of rotatable bonds is 4. The molecule has 1 aromatic heterocycles. The molecule has 0 spiro atoms. The lowest BCUT2D eigenvalue weighted by Crippen LogP contribution is -2.06. The van der Waals surface area contributed by atoms with Crippen molar-refractivity contribution in [2.45, 2.75) is 46.6 Å². The van der Waals surface area contributed by atoms with Gasteiger partial charge >= 0.3 is 5.97 Å². The van der Waals surface area contributed by atoms with Gasteiger partial charge in [0.25, 0.3) is 0 Å². The predicted molar refractivity (Wildman–Crippen MR) is 86.0 cm³/mol. The molecular formula is C18H23NO2. The number of benzene rings is 1. The van der Waals surface area contributed by atoms with Crippen LogP contribution in [0.3, 0.4) is 0 Å². The summed E-state index contributed by atoms with van der Waals surface area (Å²) >= 11 is 0. The van der Waals surface area contributed by atoms with E-state index in [-0.39, 0.29) is 6.04 Å². The molecule has 1 aromatic carbocycles. The van der Waals surface area contributed by atoms with Gasteiger partial charge in [-0.2, -0.15) is 0 Å². The molecular weight excluding hydrogens is 262 g/mol. The van der Waals surface area contributed by atoms with E-state index in [4.69, 9.17) is 0 Å². The minimum absolute atomic E-state index is 0.220. The van der Waals surface area contributed by atoms with E-state index in [0.717, 1.165) is 17.0 Å². The summed E-state index contributed by atoms with van der Waals surface area (Å²) < 4.78 is 2.09. The van der Waals surface area contributed by atoms with E-state index in [9.17, 15) is 9.90 Å². The fourth-order valence-corrected chi connectivity index (χ4v) is 2.76. The van der Waals surface area contributed by atoms with E-state index in [1.165, 1.54) is 5.56 Å². The van der Waals surface area contributed by atoms with E-state index >= 15 is 0 Å². The second-order valence-corrected chi connectivity index (χ2v) is 6.07. The molecule has 3 nitrogen and oxygen atoms in total. The van der Waals surface area contributed by atoms with Crippen LogP contribution < -0.4 is 0 Å². The van der Waals surface area contributed by atoms with Crippen LogP contribution in [0.5, 0.6) is 0 Å². The van der Waals surface area contributed by atoms with E-state index in [1.807, 2.05) is 6.92 Å². The van der Waals surface area contributed by atoms with Crippen molar-refractivity contribution in [1.82, 2.24) is 4.57 Å². The van der Waals surface area contributed by atoms with Crippen LogP contribution in [0.25, 0.3) is 11.3 Å². The summed E-state index contributed by atoms with van der Waals surface area (Å²) in [6.07, 6.45) is 0. The maximum Gasteiger partial charge on any atom is 0.337 e. The van der Waals surface area contributed by atoms with Crippen LogP contribution in [0.15, 0.2) is 30.3 Å². The van der Waals surface area contributed by atoms with Gasteiger partial charge in [0.05, 0.1) is 5.56 Å². The van der Waals surface area contributed by atoms with Gasteiger partial charge in [0.1, 0.15) is 0 Å². The highest BCUT2D eigenvalue weighted by atomic mass is 16.4. The zero-order chi connectivity index (χ0) is 15.7. The zero-order valence-electron chi connectivity index (χ0n) is 13.3. The Balaban J connectivity index is 2.57. The van der Waals surface area contributed by atoms with Gasteiger partial charge in [-0.3, -0.25) is 0 Å². The number of carboxylic acid groups (broad SMARTS) is 1. The summed E-state index contributed by atoms with van der Waals surface area (Å²) in [6.45, 7) is 10.3. The van der Waals surface area contributed by atoms with Gasteiger partial charge in [0.2, 0.25) is 0 Å². The first-order valence-electron chi connectivity index (χ1n) is 7.38. The molecule has 1 heterocycles. The quantitative estimate of drug-likeness (QED) is 0.871. The molecule has 0 aliphatic heterocycles. The van der Waals surface area contributed by atoms with Crippen LogP contribution in [0.2, 0.25) is 0 Å². The van der Waals surface area contributed by atoms with Gasteiger partial charge < -0.3 is 9.67 Å². The van der Waals surface area contributed by atoms with Gasteiger partial charge in [-0.25, -0.2) is 4.79 Å². The van der Waals surface area contributed by atoms with Crippen molar-refractivity contribution in [2.24, 2.45) is 0 Å². The first kappa shape index (κ1) is 15.4. The number of hydrogen-bond donors (Lipinski definition) is 1. The fourth-order valence-electron chi connectivity index (χ4n) is 2.76. The second kappa shape index (κ2) is 5.76. The van der Waals surface area contributed by atoms with Gasteiger partial charge in [-0.15, -0.1) is 0 Å². The first-order valence-corrected chi connectivity index (χ1v) is 7.38. The maximum atomic E-state index is 11.4. The topological polar surface area (TPSA) is 42.2 Å². The number of carboxylic acids is 1. The lowest BCUT2D eigenvalue weighted by atomic mass is 10.0. The molecule has 0 saturated heterocycles. The number of aromatic carboxylic acids is 1. The highest BCUT2D eigenvalue weighted by Gasteiger charge is 2.19. The normalized spacial score (nSPS) is 11.4. The lowest BCUT2D eigenvalue weighted by Gasteiger charge is -2.16. The standard InChI is InChI=1S/C18H23NO2/c1-11(2)14-6-8-15(9-7-14)17-10-16(18(20)21)13(5)19(17)12(3)4/h6-12H,1-5H3,(H,20,21). The highest BCUT2D eigenvalue weighted by Crippen LogP contribution is 2.30. The molecule has 2 aromatic rings. The molecule has 0 saturated carbocycles. The van der Waals surface area contributed by atoms with E-state index in [2.05, 4.69) is 56.5 Å². The Morgan fingerprint density at radius 2 is 1.67 bits per heavy atom. The molecule has 21 heavy (non-hydrogen) atoms. The van der Waals surface area contributed by atoms with Crippen molar-refractivity contribution in [3.63, 3.8) is 0 Å². The Morgan fingerprint density at radius 1 is 1.10 bits per heavy atom. The summed E-state index contributed by atoms with van der Waals surface area (Å²) in [4.78, 5) is 11.4. The maximum absolute atomic E-state index is 11.4. The third kappa shape index (κ3) is 2.87. The third-order valence-electron chi connectivity index (χ3n) is 3.91. The number of nitrogens with zero attached hydrogens (tertiary/aromatic N) is 1. The molecule has 1 N–H and O–H groups in total. The van der Waals surface area contributed by atoms with Gasteiger partial charge in [-0.05, 0) is 43.9 Å². The summed E-state index contributed by atoms with van der Waals surface area (Å²) in [6, 6.07) is 10.4. The van der Waals surface area contributed by atoms with Gasteiger partial charge in [0, 0.05) is 17.4 Å². The molecule has 2 rings (SSSR count). The van der Waals surface area contributed by atoms with Crippen LogP contribution in [-0.2, 0) is 0 Å². The van der Waals surface area contributed by atoms with Gasteiger partial charge in [-0.1, -0.05) is 38.1 Å². The average molecular weight is 285 g/mol. The Bertz CT molecular complexity index is 649. The molecule has 3 heteroatoms. The lowest BCUT2D eigenvalue weighted by molar-refractivity contribution is 0.0696. The van der Waals surface area contributed by atoms with E-state index in [0.29, 0.717) is 11.5 Å². The molecule has 0 bridgehead atoms. The fraction of sp³-hybridized carbons (Fsp3) is 0.389. The van der Waals surface area contributed by atoms with E-state index < -0.39 is 5.97 Å². The third-order valence-corrected chi connectivity index (χ3v) is 3.91. The molecule has 0 amide bonds. The van der Waals surface area contributed by atoms with Crippen molar-refractivity contribution < 1.29 is 9.90 Å². The Labute approximate surface area is 126 Å². The Hall–Kier alpha value is -2.03. The highest BCUT2D eigenvalue weighted by molar-refractivity contribution is 5.91. The largest absolute Gasteiger partial charge is 0.478 e. The smallest absolute Gasteiger partial charge is 0.337 e. The minimum Gasteiger partial charge on any atom is -0.478 e. The van der Waals surface area contributed by atoms with Crippen molar-refractivity contribution >= 4 is 5.97 Å². The van der Waals surface area contributed by atoms with Crippen molar-refractivity contribution in [2.75, 3.05) is 0 Å². The first-order chi connectivity index (χ1) is 9.82.